The highest BCUT2D eigenvalue weighted by Crippen LogP contribution is 2.37. The van der Waals surface area contributed by atoms with Crippen LogP contribution in [0.3, 0.4) is 0 Å². The Hall–Kier alpha value is -2.57. The number of allylic oxidation sites excluding steroid dienone is 2. The summed E-state index contributed by atoms with van der Waals surface area (Å²) >= 11 is 0. The zero-order valence-electron chi connectivity index (χ0n) is 15.1. The zero-order chi connectivity index (χ0) is 19.8. The van der Waals surface area contributed by atoms with E-state index in [0.717, 1.165) is 11.8 Å². The monoisotopic (exact) mass is 378 g/mol. The van der Waals surface area contributed by atoms with E-state index >= 15 is 0 Å². The predicted octanol–water partition coefficient (Wildman–Crippen LogP) is 4.77. The van der Waals surface area contributed by atoms with E-state index in [4.69, 9.17) is 0 Å². The minimum Gasteiger partial charge on any atom is -0.503 e. The molecule has 0 radical (unpaired) electrons. The molecule has 2 unspecified atom stereocenters. The van der Waals surface area contributed by atoms with Gasteiger partial charge in [-0.3, -0.25) is 9.78 Å². The molecule has 2 aromatic rings. The summed E-state index contributed by atoms with van der Waals surface area (Å²) in [5.41, 5.74) is 0.0124. The van der Waals surface area contributed by atoms with Crippen LogP contribution >= 0.6 is 0 Å². The number of halogens is 3. The van der Waals surface area contributed by atoms with Crippen LogP contribution in [-0.4, -0.2) is 14.7 Å². The summed E-state index contributed by atoms with van der Waals surface area (Å²) in [7, 11) is 0. The number of aromatic hydroxyl groups is 1. The van der Waals surface area contributed by atoms with Crippen molar-refractivity contribution in [2.24, 2.45) is 0 Å². The van der Waals surface area contributed by atoms with Crippen LogP contribution in [0.25, 0.3) is 0 Å². The third kappa shape index (κ3) is 4.07. The van der Waals surface area contributed by atoms with Crippen molar-refractivity contribution in [2.75, 3.05) is 0 Å². The first-order chi connectivity index (χ1) is 12.7. The van der Waals surface area contributed by atoms with Gasteiger partial charge in [0.2, 0.25) is 5.43 Å². The van der Waals surface area contributed by atoms with Gasteiger partial charge in [-0.25, -0.2) is 0 Å². The zero-order valence-corrected chi connectivity index (χ0v) is 15.1. The number of alkyl halides is 3. The molecule has 1 aliphatic carbocycles. The molecule has 0 aromatic carbocycles. The fraction of sp³-hybridized carbons (Fsp3) is 0.400. The Morgan fingerprint density at radius 2 is 2.04 bits per heavy atom. The fourth-order valence-corrected chi connectivity index (χ4v) is 3.51. The smallest absolute Gasteiger partial charge is 0.433 e. The highest BCUT2D eigenvalue weighted by molar-refractivity contribution is 5.29. The average Bonchev–Trinajstić information content (AvgIpc) is 2.63. The van der Waals surface area contributed by atoms with Gasteiger partial charge in [-0.2, -0.15) is 13.2 Å². The van der Waals surface area contributed by atoms with Gasteiger partial charge in [-0.05, 0) is 36.5 Å². The number of pyridine rings is 2. The summed E-state index contributed by atoms with van der Waals surface area (Å²) in [6.45, 7) is 3.91. The fourth-order valence-electron chi connectivity index (χ4n) is 3.51. The third-order valence-corrected chi connectivity index (χ3v) is 4.88. The van der Waals surface area contributed by atoms with Crippen molar-refractivity contribution in [1.29, 1.82) is 0 Å². The molecular formula is C20H21F3N2O2. The molecule has 0 saturated carbocycles. The summed E-state index contributed by atoms with van der Waals surface area (Å²) in [4.78, 5) is 15.2. The molecule has 2 atom stereocenters. The van der Waals surface area contributed by atoms with Crippen LogP contribution in [0.4, 0.5) is 13.2 Å². The van der Waals surface area contributed by atoms with Gasteiger partial charge < -0.3 is 9.67 Å². The van der Waals surface area contributed by atoms with E-state index in [9.17, 15) is 23.1 Å². The van der Waals surface area contributed by atoms with Crippen LogP contribution in [0.5, 0.6) is 5.75 Å². The molecule has 0 aliphatic heterocycles. The highest BCUT2D eigenvalue weighted by Gasteiger charge is 2.33. The number of hydrogen-bond donors (Lipinski definition) is 1. The molecule has 0 bridgehead atoms. The first kappa shape index (κ1) is 19.2. The van der Waals surface area contributed by atoms with Crippen molar-refractivity contribution in [3.63, 3.8) is 0 Å². The number of aromatic nitrogens is 2. The van der Waals surface area contributed by atoms with Gasteiger partial charge in [0.15, 0.2) is 5.75 Å². The van der Waals surface area contributed by atoms with E-state index in [2.05, 4.69) is 4.98 Å². The molecule has 27 heavy (non-hydrogen) atoms. The van der Waals surface area contributed by atoms with Gasteiger partial charge in [-0.1, -0.05) is 26.0 Å². The summed E-state index contributed by atoms with van der Waals surface area (Å²) < 4.78 is 40.8. The maximum atomic E-state index is 13.0. The van der Waals surface area contributed by atoms with Crippen molar-refractivity contribution in [1.82, 2.24) is 9.55 Å². The minimum absolute atomic E-state index is 0.0635. The lowest BCUT2D eigenvalue weighted by Gasteiger charge is -2.30. The molecule has 4 nitrogen and oxygen atoms in total. The number of hydrogen-bond acceptors (Lipinski definition) is 3. The molecule has 0 spiro atoms. The Kier molecular flexibility index (Phi) is 5.13. The molecule has 1 N–H and O–H groups in total. The van der Waals surface area contributed by atoms with Crippen molar-refractivity contribution >= 4 is 0 Å². The van der Waals surface area contributed by atoms with Gasteiger partial charge in [0, 0.05) is 29.9 Å². The predicted molar refractivity (Wildman–Crippen MR) is 95.8 cm³/mol. The van der Waals surface area contributed by atoms with Crippen molar-refractivity contribution in [2.45, 2.75) is 50.7 Å². The molecule has 2 heterocycles. The molecule has 3 rings (SSSR count). The first-order valence-corrected chi connectivity index (χ1v) is 8.81. The van der Waals surface area contributed by atoms with Crippen LogP contribution < -0.4 is 5.43 Å². The summed E-state index contributed by atoms with van der Waals surface area (Å²) in [5, 5.41) is 9.86. The molecular weight excluding hydrogens is 357 g/mol. The molecule has 0 fully saturated rings. The first-order valence-electron chi connectivity index (χ1n) is 8.81. The topological polar surface area (TPSA) is 55.1 Å². The van der Waals surface area contributed by atoms with Crippen LogP contribution in [0.2, 0.25) is 0 Å². The standard InChI is InChI=1S/C20H21F3N2O2/c1-12(2)16-10-17(26)18(27)11-25(16)15-5-3-4-13(8-15)14-6-7-24-19(9-14)20(21,22)23/h3-4,6-7,9-13,15,27H,5,8H2,1-2H3. The van der Waals surface area contributed by atoms with Gasteiger partial charge >= 0.3 is 6.18 Å². The van der Waals surface area contributed by atoms with E-state index in [1.807, 2.05) is 30.6 Å². The second kappa shape index (κ2) is 7.21. The van der Waals surface area contributed by atoms with Crippen LogP contribution in [0.1, 0.15) is 61.5 Å². The third-order valence-electron chi connectivity index (χ3n) is 4.88. The number of rotatable bonds is 3. The van der Waals surface area contributed by atoms with Gasteiger partial charge in [-0.15, -0.1) is 0 Å². The van der Waals surface area contributed by atoms with Gasteiger partial charge in [0.25, 0.3) is 0 Å². The van der Waals surface area contributed by atoms with E-state index in [1.165, 1.54) is 18.5 Å². The average molecular weight is 378 g/mol. The Bertz CT molecular complexity index is 916. The highest BCUT2D eigenvalue weighted by atomic mass is 19.4. The van der Waals surface area contributed by atoms with Crippen molar-refractivity contribution < 1.29 is 18.3 Å². The molecule has 144 valence electrons. The summed E-state index contributed by atoms with van der Waals surface area (Å²) in [5.74, 6) is -0.455. The Morgan fingerprint density at radius 3 is 2.70 bits per heavy atom. The van der Waals surface area contributed by atoms with Crippen molar-refractivity contribution in [3.8, 4) is 5.75 Å². The van der Waals surface area contributed by atoms with Gasteiger partial charge in [0.1, 0.15) is 5.69 Å². The summed E-state index contributed by atoms with van der Waals surface area (Å²) in [6.07, 6.45) is 3.22. The number of nitrogens with zero attached hydrogens (tertiary/aromatic N) is 2. The molecule has 0 saturated heterocycles. The second-order valence-electron chi connectivity index (χ2n) is 7.14. The van der Waals surface area contributed by atoms with Crippen LogP contribution in [0, 0.1) is 0 Å². The minimum atomic E-state index is -4.48. The van der Waals surface area contributed by atoms with Crippen LogP contribution in [-0.2, 0) is 6.18 Å². The quantitative estimate of drug-likeness (QED) is 0.783. The summed E-state index contributed by atoms with van der Waals surface area (Å²) in [6, 6.07) is 4.05. The molecule has 0 amide bonds. The maximum absolute atomic E-state index is 13.0. The largest absolute Gasteiger partial charge is 0.503 e. The lowest BCUT2D eigenvalue weighted by atomic mass is 9.86. The van der Waals surface area contributed by atoms with Crippen LogP contribution in [0.15, 0.2) is 47.5 Å². The maximum Gasteiger partial charge on any atom is 0.433 e. The Labute approximate surface area is 155 Å². The van der Waals surface area contributed by atoms with Crippen molar-refractivity contribution in [3.05, 3.63) is 69.9 Å². The second-order valence-corrected chi connectivity index (χ2v) is 7.14. The molecule has 7 heteroatoms. The molecule has 1 aliphatic rings. The lowest BCUT2D eigenvalue weighted by Crippen LogP contribution is -2.21. The molecule has 2 aromatic heterocycles. The van der Waals surface area contributed by atoms with Gasteiger partial charge in [0.05, 0.1) is 6.20 Å². The lowest BCUT2D eigenvalue weighted by molar-refractivity contribution is -0.141. The normalized spacial score (nSPS) is 20.2. The Balaban J connectivity index is 1.94. The van der Waals surface area contributed by atoms with E-state index in [1.54, 1.807) is 6.07 Å². The van der Waals surface area contributed by atoms with E-state index in [0.29, 0.717) is 18.4 Å². The Morgan fingerprint density at radius 1 is 1.30 bits per heavy atom. The van der Waals surface area contributed by atoms with E-state index in [-0.39, 0.29) is 23.6 Å². The van der Waals surface area contributed by atoms with E-state index < -0.39 is 17.3 Å². The SMILES string of the molecule is CC(C)c1cc(=O)c(O)cn1C1CC=CC(c2ccnc(C(F)(F)F)c2)C1.